The zero-order valence-corrected chi connectivity index (χ0v) is 10.8. The van der Waals surface area contributed by atoms with Crippen molar-refractivity contribution in [2.75, 3.05) is 13.2 Å². The minimum Gasteiger partial charge on any atom is -0.462 e. The van der Waals surface area contributed by atoms with Gasteiger partial charge in [-0.3, -0.25) is 0 Å². The predicted octanol–water partition coefficient (Wildman–Crippen LogP) is 0.429. The largest absolute Gasteiger partial charge is 0.462 e. The van der Waals surface area contributed by atoms with E-state index >= 15 is 0 Å². The van der Waals surface area contributed by atoms with E-state index in [0.29, 0.717) is 29.3 Å². The van der Waals surface area contributed by atoms with Crippen LogP contribution in [-0.4, -0.2) is 29.7 Å². The summed E-state index contributed by atoms with van der Waals surface area (Å²) >= 11 is 0. The van der Waals surface area contributed by atoms with Crippen LogP contribution in [0, 0.1) is 5.41 Å². The molecule has 0 saturated carbocycles. The average Bonchev–Trinajstić information content (AvgIpc) is 2.00. The molecule has 0 bridgehead atoms. The number of hydrogen-bond donors (Lipinski definition) is 0. The summed E-state index contributed by atoms with van der Waals surface area (Å²) in [4.78, 5) is 11.0. The summed E-state index contributed by atoms with van der Waals surface area (Å²) in [5, 5.41) is 0. The molecule has 0 aromatic carbocycles. The number of rotatable bonds is 5. The lowest BCUT2D eigenvalue weighted by atomic mass is 9.96. The van der Waals surface area contributed by atoms with Gasteiger partial charge in [0.1, 0.15) is 10.5 Å². The van der Waals surface area contributed by atoms with Gasteiger partial charge in [0.05, 0.1) is 6.61 Å². The maximum atomic E-state index is 11.0. The van der Waals surface area contributed by atoms with Crippen molar-refractivity contribution in [3.8, 4) is 0 Å². The molecule has 0 N–H and O–H groups in total. The molecule has 0 unspecified atom stereocenters. The topological polar surface area (TPSA) is 35.5 Å². The third-order valence-corrected chi connectivity index (χ3v) is 1.77. The first kappa shape index (κ1) is 12.4. The highest BCUT2D eigenvalue weighted by Gasteiger charge is 2.19. The zero-order chi connectivity index (χ0) is 10.5. The molecule has 0 atom stereocenters. The van der Waals surface area contributed by atoms with Gasteiger partial charge < -0.3 is 9.16 Å². The summed E-state index contributed by atoms with van der Waals surface area (Å²) in [6, 6.07) is 0. The maximum absolute atomic E-state index is 11.0. The van der Waals surface area contributed by atoms with Crippen LogP contribution >= 0.6 is 0 Å². The van der Waals surface area contributed by atoms with Crippen molar-refractivity contribution in [1.82, 2.24) is 0 Å². The Kier molecular flexibility index (Phi) is 4.94. The van der Waals surface area contributed by atoms with Gasteiger partial charge in [0.15, 0.2) is 0 Å². The lowest BCUT2D eigenvalue weighted by molar-refractivity contribution is -0.142. The van der Waals surface area contributed by atoms with E-state index in [9.17, 15) is 4.79 Å². The second kappa shape index (κ2) is 5.19. The Labute approximate surface area is 82.7 Å². The van der Waals surface area contributed by atoms with Crippen LogP contribution < -0.4 is 0 Å². The van der Waals surface area contributed by atoms with Crippen molar-refractivity contribution in [2.45, 2.75) is 20.8 Å². The number of hydrogen-bond acceptors (Lipinski definition) is 3. The molecule has 76 valence electrons. The molecule has 0 radical (unpaired) electrons. The molecule has 4 heteroatoms. The van der Waals surface area contributed by atoms with Gasteiger partial charge in [-0.05, 0) is 6.92 Å². The van der Waals surface area contributed by atoms with Crippen LogP contribution in [0.4, 0.5) is 0 Å². The zero-order valence-electron chi connectivity index (χ0n) is 8.85. The highest BCUT2D eigenvalue weighted by molar-refractivity contribution is 5.97. The van der Waals surface area contributed by atoms with Crippen molar-refractivity contribution in [3.05, 3.63) is 12.2 Å². The summed E-state index contributed by atoms with van der Waals surface area (Å²) in [6.45, 7) is 10.1. The molecule has 0 aliphatic rings. The Morgan fingerprint density at radius 3 is 2.38 bits per heavy atom. The van der Waals surface area contributed by atoms with Crippen LogP contribution in [-0.2, 0) is 14.0 Å². The molecule has 3 nitrogen and oxygen atoms in total. The second-order valence-electron chi connectivity index (χ2n) is 3.95. The van der Waals surface area contributed by atoms with E-state index in [0.717, 1.165) is 0 Å². The van der Waals surface area contributed by atoms with Gasteiger partial charge >= 0.3 is 5.97 Å². The second-order valence-corrected chi connectivity index (χ2v) is 4.53. The van der Waals surface area contributed by atoms with Gasteiger partial charge in [0.2, 0.25) is 0 Å². The molecule has 0 aromatic rings. The van der Waals surface area contributed by atoms with Crippen LogP contribution in [0.2, 0.25) is 0 Å². The maximum Gasteiger partial charge on any atom is 0.333 e. The van der Waals surface area contributed by atoms with E-state index in [2.05, 4.69) is 6.58 Å². The van der Waals surface area contributed by atoms with Crippen LogP contribution in [0.25, 0.3) is 0 Å². The lowest BCUT2D eigenvalue weighted by Gasteiger charge is -2.23. The minimum atomic E-state index is -0.332. The Morgan fingerprint density at radius 1 is 1.46 bits per heavy atom. The molecule has 0 fully saturated rings. The minimum absolute atomic E-state index is 0.104. The Hall–Kier alpha value is -0.613. The first-order valence-corrected chi connectivity index (χ1v) is 5.02. The Balaban J connectivity index is 3.87. The van der Waals surface area contributed by atoms with Crippen LogP contribution in [0.1, 0.15) is 20.8 Å². The lowest BCUT2D eigenvalue weighted by Crippen LogP contribution is -2.26. The van der Waals surface area contributed by atoms with E-state index in [1.54, 1.807) is 6.92 Å². The smallest absolute Gasteiger partial charge is 0.333 e. The van der Waals surface area contributed by atoms with Gasteiger partial charge in [-0.2, -0.15) is 0 Å². The molecule has 0 aliphatic heterocycles. The molecular formula is C9H18O3Si. The predicted molar refractivity (Wildman–Crippen MR) is 55.4 cm³/mol. The fourth-order valence-corrected chi connectivity index (χ4v) is 1.60. The van der Waals surface area contributed by atoms with Crippen molar-refractivity contribution in [1.29, 1.82) is 0 Å². The van der Waals surface area contributed by atoms with Gasteiger partial charge in [-0.15, -0.1) is 0 Å². The fraction of sp³-hybridized carbons (Fsp3) is 0.667. The van der Waals surface area contributed by atoms with Crippen molar-refractivity contribution < 1.29 is 14.0 Å². The van der Waals surface area contributed by atoms with Crippen molar-refractivity contribution in [2.24, 2.45) is 5.41 Å². The summed E-state index contributed by atoms with van der Waals surface area (Å²) in [6.07, 6.45) is 0. The van der Waals surface area contributed by atoms with E-state index in [1.807, 2.05) is 13.8 Å². The summed E-state index contributed by atoms with van der Waals surface area (Å²) in [5.41, 5.74) is 0.329. The summed E-state index contributed by atoms with van der Waals surface area (Å²) in [7, 11) is 0.712. The summed E-state index contributed by atoms with van der Waals surface area (Å²) < 4.78 is 10.1. The molecule has 0 aromatic heterocycles. The van der Waals surface area contributed by atoms with Gasteiger partial charge in [-0.1, -0.05) is 20.4 Å². The average molecular weight is 202 g/mol. The van der Waals surface area contributed by atoms with Gasteiger partial charge in [0.25, 0.3) is 0 Å². The molecule has 0 heterocycles. The third kappa shape index (κ3) is 5.60. The van der Waals surface area contributed by atoms with Gasteiger partial charge in [-0.25, -0.2) is 4.79 Å². The van der Waals surface area contributed by atoms with Crippen LogP contribution in [0.3, 0.4) is 0 Å². The summed E-state index contributed by atoms with van der Waals surface area (Å²) in [5.74, 6) is -0.332. The normalized spacial score (nSPS) is 11.3. The van der Waals surface area contributed by atoms with Gasteiger partial charge in [0, 0.05) is 17.6 Å². The van der Waals surface area contributed by atoms with E-state index in [-0.39, 0.29) is 11.4 Å². The van der Waals surface area contributed by atoms with Crippen LogP contribution in [0.15, 0.2) is 12.2 Å². The highest BCUT2D eigenvalue weighted by atomic mass is 28.2. The molecule has 0 saturated heterocycles. The van der Waals surface area contributed by atoms with Crippen molar-refractivity contribution >= 4 is 16.5 Å². The quantitative estimate of drug-likeness (QED) is 0.368. The third-order valence-electron chi connectivity index (χ3n) is 1.48. The molecule has 0 spiro atoms. The Morgan fingerprint density at radius 2 is 2.00 bits per heavy atom. The van der Waals surface area contributed by atoms with Crippen molar-refractivity contribution in [3.63, 3.8) is 0 Å². The molecule has 0 rings (SSSR count). The first-order chi connectivity index (χ1) is 5.89. The fourth-order valence-electron chi connectivity index (χ4n) is 0.817. The van der Waals surface area contributed by atoms with E-state index in [4.69, 9.17) is 9.16 Å². The van der Waals surface area contributed by atoms with E-state index in [1.165, 1.54) is 0 Å². The number of esters is 1. The molecule has 0 aliphatic carbocycles. The van der Waals surface area contributed by atoms with E-state index < -0.39 is 0 Å². The highest BCUT2D eigenvalue weighted by Crippen LogP contribution is 2.15. The number of ether oxygens (including phenoxy) is 1. The number of carbonyl (C=O) groups is 1. The number of carbonyl (C=O) groups excluding carboxylic acids is 1. The van der Waals surface area contributed by atoms with Crippen LogP contribution in [0.5, 0.6) is 0 Å². The first-order valence-electron chi connectivity index (χ1n) is 4.20. The molecule has 0 amide bonds. The monoisotopic (exact) mass is 202 g/mol. The Bertz CT molecular complexity index is 199. The molecular weight excluding hydrogens is 184 g/mol. The SMILES string of the molecule is C=C(C)C(=O)OCC(C)(C)CO[SiH3]. The standard InChI is InChI=1S/C9H18O3Si/c1-7(2)8(10)11-5-9(3,4)6-12-13/h1,5-6H2,2-4,13H3. The molecule has 13 heavy (non-hydrogen) atoms.